The monoisotopic (exact) mass is 348 g/mol. The van der Waals surface area contributed by atoms with Gasteiger partial charge in [-0.1, -0.05) is 70.4 Å². The van der Waals surface area contributed by atoms with E-state index >= 15 is 0 Å². The minimum atomic E-state index is -0.122. The molecule has 0 aliphatic rings. The highest BCUT2D eigenvalue weighted by atomic mass is 16.5. The molecular weight excluding hydrogens is 312 g/mol. The number of phenolic OH excluding ortho intramolecular Hbond substituents is 1. The molecule has 0 heterocycles. The highest BCUT2D eigenvalue weighted by Gasteiger charge is 2.07. The molecule has 0 unspecified atom stereocenters. The molecule has 0 aliphatic carbocycles. The molecule has 0 amide bonds. The Morgan fingerprint density at radius 2 is 1.44 bits per heavy atom. The lowest BCUT2D eigenvalue weighted by molar-refractivity contribution is -0.143. The van der Waals surface area contributed by atoms with Crippen LogP contribution in [0.5, 0.6) is 5.75 Å². The van der Waals surface area contributed by atoms with Crippen molar-refractivity contribution in [3.05, 3.63) is 28.8 Å². The third-order valence-electron chi connectivity index (χ3n) is 4.68. The van der Waals surface area contributed by atoms with Gasteiger partial charge in [0, 0.05) is 6.42 Å². The summed E-state index contributed by atoms with van der Waals surface area (Å²) in [5.41, 5.74) is 2.80. The Bertz CT molecular complexity index is 485. The summed E-state index contributed by atoms with van der Waals surface area (Å²) in [6, 6.07) is 3.88. The molecule has 0 radical (unpaired) electrons. The molecule has 0 saturated carbocycles. The van der Waals surface area contributed by atoms with Crippen LogP contribution in [0.2, 0.25) is 0 Å². The predicted octanol–water partition coefficient (Wildman–Crippen LogP) is 6.02. The standard InChI is InChI=1S/C22H36O3/c1-4-5-6-7-8-9-10-11-12-15-25-21(23)14-13-20-16-18(2)22(24)19(3)17-20/h16-17,24H,4-15H2,1-3H3. The molecule has 0 bridgehead atoms. The number of hydrogen-bond acceptors (Lipinski definition) is 3. The van der Waals surface area contributed by atoms with E-state index in [1.54, 1.807) is 0 Å². The Hall–Kier alpha value is -1.51. The third kappa shape index (κ3) is 9.52. The lowest BCUT2D eigenvalue weighted by Crippen LogP contribution is -2.07. The lowest BCUT2D eigenvalue weighted by Gasteiger charge is -2.08. The first-order valence-corrected chi connectivity index (χ1v) is 9.99. The number of aromatic hydroxyl groups is 1. The van der Waals surface area contributed by atoms with E-state index in [-0.39, 0.29) is 5.97 Å². The predicted molar refractivity (Wildman–Crippen MR) is 104 cm³/mol. The van der Waals surface area contributed by atoms with Crippen molar-refractivity contribution in [2.45, 2.75) is 91.4 Å². The van der Waals surface area contributed by atoms with Crippen LogP contribution < -0.4 is 0 Å². The van der Waals surface area contributed by atoms with Crippen molar-refractivity contribution in [1.82, 2.24) is 0 Å². The zero-order valence-corrected chi connectivity index (χ0v) is 16.4. The minimum Gasteiger partial charge on any atom is -0.507 e. The number of esters is 1. The van der Waals surface area contributed by atoms with Crippen molar-refractivity contribution in [3.8, 4) is 5.75 Å². The molecule has 0 atom stereocenters. The van der Waals surface area contributed by atoms with Gasteiger partial charge in [0.25, 0.3) is 0 Å². The van der Waals surface area contributed by atoms with Crippen molar-refractivity contribution in [2.75, 3.05) is 6.61 Å². The van der Waals surface area contributed by atoms with Crippen LogP contribution in [-0.2, 0) is 16.0 Å². The molecule has 1 N–H and O–H groups in total. The van der Waals surface area contributed by atoms with Crippen LogP contribution in [0.1, 0.15) is 87.8 Å². The zero-order valence-electron chi connectivity index (χ0n) is 16.4. The topological polar surface area (TPSA) is 46.5 Å². The molecule has 1 aromatic rings. The molecule has 1 aromatic carbocycles. The summed E-state index contributed by atoms with van der Waals surface area (Å²) in [6.07, 6.45) is 12.5. The summed E-state index contributed by atoms with van der Waals surface area (Å²) >= 11 is 0. The zero-order chi connectivity index (χ0) is 18.5. The molecule has 0 aliphatic heterocycles. The fourth-order valence-corrected chi connectivity index (χ4v) is 3.11. The van der Waals surface area contributed by atoms with Crippen LogP contribution in [0.4, 0.5) is 0 Å². The molecule has 142 valence electrons. The minimum absolute atomic E-state index is 0.122. The molecule has 0 aromatic heterocycles. The number of benzene rings is 1. The maximum atomic E-state index is 11.8. The third-order valence-corrected chi connectivity index (χ3v) is 4.68. The summed E-state index contributed by atoms with van der Waals surface area (Å²) in [5.74, 6) is 0.222. The van der Waals surface area contributed by atoms with Gasteiger partial charge in [-0.25, -0.2) is 0 Å². The number of rotatable bonds is 13. The largest absolute Gasteiger partial charge is 0.507 e. The first-order valence-electron chi connectivity index (χ1n) is 9.99. The van der Waals surface area contributed by atoms with Gasteiger partial charge >= 0.3 is 5.97 Å². The molecule has 0 fully saturated rings. The van der Waals surface area contributed by atoms with Crippen LogP contribution in [0.15, 0.2) is 12.1 Å². The number of hydrogen-bond donors (Lipinski definition) is 1. The van der Waals surface area contributed by atoms with Gasteiger partial charge in [0.1, 0.15) is 5.75 Å². The Labute approximate surface area is 153 Å². The second-order valence-corrected chi connectivity index (χ2v) is 7.13. The first-order chi connectivity index (χ1) is 12.0. The normalized spacial score (nSPS) is 10.8. The van der Waals surface area contributed by atoms with Crippen molar-refractivity contribution in [2.24, 2.45) is 0 Å². The average molecular weight is 349 g/mol. The molecule has 25 heavy (non-hydrogen) atoms. The Balaban J connectivity index is 2.04. The summed E-state index contributed by atoms with van der Waals surface area (Å²) in [6.45, 7) is 6.55. The summed E-state index contributed by atoms with van der Waals surface area (Å²) < 4.78 is 5.32. The number of phenols is 1. The number of carbonyl (C=O) groups is 1. The van der Waals surface area contributed by atoms with Crippen molar-refractivity contribution in [1.29, 1.82) is 0 Å². The van der Waals surface area contributed by atoms with E-state index in [0.29, 0.717) is 25.2 Å². The van der Waals surface area contributed by atoms with Crippen molar-refractivity contribution in [3.63, 3.8) is 0 Å². The number of ether oxygens (including phenoxy) is 1. The number of aryl methyl sites for hydroxylation is 3. The van der Waals surface area contributed by atoms with Gasteiger partial charge in [-0.2, -0.15) is 0 Å². The highest BCUT2D eigenvalue weighted by Crippen LogP contribution is 2.23. The molecule has 3 nitrogen and oxygen atoms in total. The fourth-order valence-electron chi connectivity index (χ4n) is 3.11. The SMILES string of the molecule is CCCCCCCCCCCOC(=O)CCc1cc(C)c(O)c(C)c1. The number of carbonyl (C=O) groups excluding carboxylic acids is 1. The molecular formula is C22H36O3. The molecule has 1 rings (SSSR count). The van der Waals surface area contributed by atoms with Gasteiger partial charge in [-0.15, -0.1) is 0 Å². The van der Waals surface area contributed by atoms with Gasteiger partial charge in [0.15, 0.2) is 0 Å². The Morgan fingerprint density at radius 1 is 0.920 bits per heavy atom. The van der Waals surface area contributed by atoms with E-state index in [0.717, 1.165) is 29.5 Å². The first kappa shape index (κ1) is 21.5. The van der Waals surface area contributed by atoms with E-state index in [2.05, 4.69) is 6.92 Å². The van der Waals surface area contributed by atoms with Crippen molar-refractivity contribution >= 4 is 5.97 Å². The average Bonchev–Trinajstić information content (AvgIpc) is 2.59. The smallest absolute Gasteiger partial charge is 0.306 e. The molecule has 0 spiro atoms. The van der Waals surface area contributed by atoms with Gasteiger partial charge in [-0.3, -0.25) is 4.79 Å². The summed E-state index contributed by atoms with van der Waals surface area (Å²) in [7, 11) is 0. The second kappa shape index (κ2) is 12.8. The van der Waals surface area contributed by atoms with E-state index < -0.39 is 0 Å². The van der Waals surface area contributed by atoms with Crippen LogP contribution in [0, 0.1) is 13.8 Å². The maximum absolute atomic E-state index is 11.8. The van der Waals surface area contributed by atoms with Crippen LogP contribution in [0.25, 0.3) is 0 Å². The Morgan fingerprint density at radius 3 is 2.00 bits per heavy atom. The molecule has 0 saturated heterocycles. The fraction of sp³-hybridized carbons (Fsp3) is 0.682. The van der Waals surface area contributed by atoms with E-state index in [9.17, 15) is 9.90 Å². The lowest BCUT2D eigenvalue weighted by atomic mass is 10.0. The second-order valence-electron chi connectivity index (χ2n) is 7.13. The summed E-state index contributed by atoms with van der Waals surface area (Å²) in [5, 5.41) is 9.78. The number of unbranched alkanes of at least 4 members (excludes halogenated alkanes) is 8. The molecule has 3 heteroatoms. The van der Waals surface area contributed by atoms with Gasteiger partial charge < -0.3 is 9.84 Å². The maximum Gasteiger partial charge on any atom is 0.306 e. The van der Waals surface area contributed by atoms with Gasteiger partial charge in [-0.05, 0) is 43.4 Å². The highest BCUT2D eigenvalue weighted by molar-refractivity contribution is 5.69. The van der Waals surface area contributed by atoms with Crippen LogP contribution in [-0.4, -0.2) is 17.7 Å². The van der Waals surface area contributed by atoms with Gasteiger partial charge in [0.05, 0.1) is 6.61 Å². The van der Waals surface area contributed by atoms with Crippen LogP contribution in [0.3, 0.4) is 0 Å². The van der Waals surface area contributed by atoms with E-state index in [1.165, 1.54) is 44.9 Å². The van der Waals surface area contributed by atoms with Crippen molar-refractivity contribution < 1.29 is 14.6 Å². The van der Waals surface area contributed by atoms with Crippen LogP contribution >= 0.6 is 0 Å². The summed E-state index contributed by atoms with van der Waals surface area (Å²) in [4.78, 5) is 11.8. The van der Waals surface area contributed by atoms with E-state index in [4.69, 9.17) is 4.74 Å². The quantitative estimate of drug-likeness (QED) is 0.350. The Kier molecular flexibility index (Phi) is 11.0. The van der Waals surface area contributed by atoms with E-state index in [1.807, 2.05) is 26.0 Å². The van der Waals surface area contributed by atoms with Gasteiger partial charge in [0.2, 0.25) is 0 Å².